The number of rotatable bonds is 6. The monoisotopic (exact) mass is 423 g/mol. The van der Waals surface area contributed by atoms with Gasteiger partial charge in [0.05, 0.1) is 4.90 Å². The van der Waals surface area contributed by atoms with Gasteiger partial charge in [-0.1, -0.05) is 6.07 Å². The number of nitrogens with zero attached hydrogens (tertiary/aromatic N) is 1. The zero-order chi connectivity index (χ0) is 18.9. The van der Waals surface area contributed by atoms with Gasteiger partial charge in [0.25, 0.3) is 0 Å². The highest BCUT2D eigenvalue weighted by Gasteiger charge is 2.41. The van der Waals surface area contributed by atoms with E-state index in [-0.39, 0.29) is 30.4 Å². The zero-order valence-corrected chi connectivity index (χ0v) is 15.7. The van der Waals surface area contributed by atoms with Gasteiger partial charge in [-0.15, -0.1) is 12.4 Å². The third kappa shape index (κ3) is 4.80. The smallest absolute Gasteiger partial charge is 0.210 e. The van der Waals surface area contributed by atoms with Crippen LogP contribution in [0.4, 0.5) is 17.6 Å². The molecule has 0 spiro atoms. The number of halogens is 5. The second-order valence-electron chi connectivity index (χ2n) is 6.36. The lowest BCUT2D eigenvalue weighted by Crippen LogP contribution is -2.53. The minimum absolute atomic E-state index is 0. The second kappa shape index (κ2) is 8.58. The fourth-order valence-corrected chi connectivity index (χ4v) is 4.42. The molecular weight excluding hydrogens is 406 g/mol. The highest BCUT2D eigenvalue weighted by atomic mass is 35.5. The molecule has 0 aliphatic carbocycles. The van der Waals surface area contributed by atoms with Gasteiger partial charge in [0.2, 0.25) is 15.3 Å². The van der Waals surface area contributed by atoms with Crippen LogP contribution in [0.15, 0.2) is 47.4 Å². The molecule has 148 valence electrons. The second-order valence-corrected chi connectivity index (χ2v) is 8.37. The first kappa shape index (κ1) is 21.7. The van der Waals surface area contributed by atoms with E-state index < -0.39 is 38.7 Å². The Morgan fingerprint density at radius 3 is 2.19 bits per heavy atom. The molecular formula is C18H18ClF4NO2S. The van der Waals surface area contributed by atoms with Crippen LogP contribution in [0.1, 0.15) is 5.56 Å². The molecule has 1 atom stereocenters. The molecule has 0 N–H and O–H groups in total. The fraction of sp³-hybridized carbons (Fsp3) is 0.333. The summed E-state index contributed by atoms with van der Waals surface area (Å²) in [5, 5.41) is 0. The summed E-state index contributed by atoms with van der Waals surface area (Å²) in [6, 6.07) is 7.38. The van der Waals surface area contributed by atoms with E-state index in [1.807, 2.05) is 0 Å². The van der Waals surface area contributed by atoms with Gasteiger partial charge in [-0.25, -0.2) is 26.0 Å². The van der Waals surface area contributed by atoms with Gasteiger partial charge >= 0.3 is 0 Å². The van der Waals surface area contributed by atoms with Gasteiger partial charge in [-0.05, 0) is 42.3 Å². The SMILES string of the molecule is Cl.O=S(=O)(c1ccc(F)cc1)C(F)C1CN(CCc2ccc(F)cc2F)C1. The topological polar surface area (TPSA) is 37.4 Å². The highest BCUT2D eigenvalue weighted by Crippen LogP contribution is 2.29. The Bertz CT molecular complexity index is 887. The van der Waals surface area contributed by atoms with Crippen molar-refractivity contribution in [3.8, 4) is 0 Å². The lowest BCUT2D eigenvalue weighted by atomic mass is 10.0. The van der Waals surface area contributed by atoms with Gasteiger partial charge in [-0.2, -0.15) is 0 Å². The predicted molar refractivity (Wildman–Crippen MR) is 95.7 cm³/mol. The molecule has 2 aromatic rings. The largest absolute Gasteiger partial charge is 0.302 e. The van der Waals surface area contributed by atoms with E-state index in [0.29, 0.717) is 18.5 Å². The molecule has 3 rings (SSSR count). The van der Waals surface area contributed by atoms with Crippen LogP contribution in [0, 0.1) is 23.4 Å². The van der Waals surface area contributed by atoms with E-state index in [9.17, 15) is 26.0 Å². The summed E-state index contributed by atoms with van der Waals surface area (Å²) in [5.74, 6) is -2.57. The lowest BCUT2D eigenvalue weighted by molar-refractivity contribution is 0.0676. The molecule has 1 aliphatic rings. The van der Waals surface area contributed by atoms with Crippen LogP contribution in [-0.4, -0.2) is 38.5 Å². The van der Waals surface area contributed by atoms with Gasteiger partial charge in [0.1, 0.15) is 17.5 Å². The summed E-state index contributed by atoms with van der Waals surface area (Å²) in [7, 11) is -4.18. The Morgan fingerprint density at radius 1 is 1.00 bits per heavy atom. The van der Waals surface area contributed by atoms with Crippen molar-refractivity contribution in [2.24, 2.45) is 5.92 Å². The first-order valence-corrected chi connectivity index (χ1v) is 9.62. The van der Waals surface area contributed by atoms with E-state index in [2.05, 4.69) is 0 Å². The highest BCUT2D eigenvalue weighted by molar-refractivity contribution is 7.92. The molecule has 1 saturated heterocycles. The van der Waals surface area contributed by atoms with Crippen LogP contribution in [0.2, 0.25) is 0 Å². The number of hydrogen-bond acceptors (Lipinski definition) is 3. The number of hydrogen-bond donors (Lipinski definition) is 0. The Balaban J connectivity index is 0.00000261. The molecule has 1 aliphatic heterocycles. The Morgan fingerprint density at radius 2 is 1.59 bits per heavy atom. The van der Waals surface area contributed by atoms with Crippen molar-refractivity contribution in [2.75, 3.05) is 19.6 Å². The van der Waals surface area contributed by atoms with Crippen molar-refractivity contribution in [3.63, 3.8) is 0 Å². The molecule has 2 aromatic carbocycles. The molecule has 0 bridgehead atoms. The Kier molecular flexibility index (Phi) is 6.88. The standard InChI is InChI=1S/C18H17F4NO2S.ClH/c19-14-3-5-16(6-4-14)26(24,25)18(22)13-10-23(11-13)8-7-12-1-2-15(20)9-17(12)21;/h1-6,9,13,18H,7-8,10-11H2;1H. The summed E-state index contributed by atoms with van der Waals surface area (Å²) in [6.07, 6.45) is 0.320. The van der Waals surface area contributed by atoms with E-state index >= 15 is 0 Å². The summed E-state index contributed by atoms with van der Waals surface area (Å²) in [4.78, 5) is 1.55. The summed E-state index contributed by atoms with van der Waals surface area (Å²) >= 11 is 0. The maximum Gasteiger partial charge on any atom is 0.210 e. The fourth-order valence-electron chi connectivity index (χ4n) is 2.97. The Hall–Kier alpha value is -1.64. The number of benzene rings is 2. The molecule has 1 heterocycles. The van der Waals surface area contributed by atoms with E-state index in [1.165, 1.54) is 12.1 Å². The molecule has 9 heteroatoms. The van der Waals surface area contributed by atoms with E-state index in [1.54, 1.807) is 4.90 Å². The molecule has 0 aromatic heterocycles. The first-order valence-electron chi connectivity index (χ1n) is 8.07. The number of likely N-dealkylation sites (tertiary alicyclic amines) is 1. The van der Waals surface area contributed by atoms with Crippen molar-refractivity contribution in [3.05, 3.63) is 65.5 Å². The zero-order valence-electron chi connectivity index (χ0n) is 14.1. The van der Waals surface area contributed by atoms with Crippen molar-refractivity contribution in [2.45, 2.75) is 16.8 Å². The van der Waals surface area contributed by atoms with Crippen molar-refractivity contribution >= 4 is 22.2 Å². The lowest BCUT2D eigenvalue weighted by Gasteiger charge is -2.40. The maximum absolute atomic E-state index is 14.4. The van der Waals surface area contributed by atoms with E-state index in [4.69, 9.17) is 0 Å². The predicted octanol–water partition coefficient (Wildman–Crippen LogP) is 3.77. The quantitative estimate of drug-likeness (QED) is 0.524. The van der Waals surface area contributed by atoms with Gasteiger partial charge in [0, 0.05) is 31.6 Å². The number of sulfone groups is 1. The molecule has 3 nitrogen and oxygen atoms in total. The third-order valence-corrected chi connectivity index (χ3v) is 6.41. The molecule has 27 heavy (non-hydrogen) atoms. The van der Waals surface area contributed by atoms with E-state index in [0.717, 1.165) is 30.3 Å². The molecule has 0 radical (unpaired) electrons. The first-order chi connectivity index (χ1) is 12.3. The normalized spacial score (nSPS) is 16.4. The maximum atomic E-state index is 14.4. The summed E-state index contributed by atoms with van der Waals surface area (Å²) in [6.45, 7) is 0.872. The van der Waals surface area contributed by atoms with Crippen LogP contribution < -0.4 is 0 Å². The van der Waals surface area contributed by atoms with Gasteiger partial charge in [-0.3, -0.25) is 0 Å². The summed E-state index contributed by atoms with van der Waals surface area (Å²) in [5.41, 5.74) is -1.72. The van der Waals surface area contributed by atoms with Crippen LogP contribution in [0.5, 0.6) is 0 Å². The van der Waals surface area contributed by atoms with Crippen LogP contribution in [0.25, 0.3) is 0 Å². The number of alkyl halides is 1. The molecule has 1 fully saturated rings. The van der Waals surface area contributed by atoms with Crippen molar-refractivity contribution < 1.29 is 26.0 Å². The molecule has 0 amide bonds. The van der Waals surface area contributed by atoms with Crippen molar-refractivity contribution in [1.82, 2.24) is 4.90 Å². The van der Waals surface area contributed by atoms with Gasteiger partial charge in [0.15, 0.2) is 0 Å². The Labute approximate surface area is 161 Å². The third-order valence-electron chi connectivity index (χ3n) is 4.51. The average Bonchev–Trinajstić information content (AvgIpc) is 2.55. The van der Waals surface area contributed by atoms with Crippen LogP contribution in [0.3, 0.4) is 0 Å². The minimum Gasteiger partial charge on any atom is -0.302 e. The molecule has 0 saturated carbocycles. The average molecular weight is 424 g/mol. The van der Waals surface area contributed by atoms with Crippen LogP contribution >= 0.6 is 12.4 Å². The molecule has 1 unspecified atom stereocenters. The van der Waals surface area contributed by atoms with Gasteiger partial charge < -0.3 is 4.90 Å². The van der Waals surface area contributed by atoms with Crippen LogP contribution in [-0.2, 0) is 16.3 Å². The summed E-state index contributed by atoms with van der Waals surface area (Å²) < 4.78 is 78.3. The minimum atomic E-state index is -4.18. The van der Waals surface area contributed by atoms with Crippen molar-refractivity contribution in [1.29, 1.82) is 0 Å².